The molecule has 2 aromatic heterocycles. The van der Waals surface area contributed by atoms with E-state index in [4.69, 9.17) is 10.0 Å². The average molecular weight is 178 g/mol. The molecule has 0 radical (unpaired) electrons. The highest BCUT2D eigenvalue weighted by molar-refractivity contribution is 6.63. The summed E-state index contributed by atoms with van der Waals surface area (Å²) >= 11 is 0. The second kappa shape index (κ2) is 2.76. The van der Waals surface area contributed by atoms with E-state index in [0.29, 0.717) is 11.0 Å². The van der Waals surface area contributed by atoms with E-state index < -0.39 is 7.12 Å². The number of aromatic nitrogens is 2. The van der Waals surface area contributed by atoms with Crippen molar-refractivity contribution in [3.05, 3.63) is 18.5 Å². The lowest BCUT2D eigenvalue weighted by Gasteiger charge is -2.03. The van der Waals surface area contributed by atoms with E-state index in [2.05, 4.69) is 9.97 Å². The van der Waals surface area contributed by atoms with Crippen molar-refractivity contribution in [2.45, 2.75) is 0 Å². The average Bonchev–Trinajstić information content (AvgIpc) is 2.50. The standard InChI is InChI=1S/C7H7BN2O3/c11-5-3-10-7-4(1-2-9-7)6(5)8(12)13/h1-3,11-13H,(H,9,10). The van der Waals surface area contributed by atoms with Crippen molar-refractivity contribution in [1.82, 2.24) is 9.97 Å². The number of H-pyrrole nitrogens is 1. The van der Waals surface area contributed by atoms with Crippen molar-refractivity contribution >= 4 is 23.6 Å². The van der Waals surface area contributed by atoms with Gasteiger partial charge in [0, 0.05) is 17.0 Å². The molecule has 0 bridgehead atoms. The van der Waals surface area contributed by atoms with Crippen LogP contribution in [0.15, 0.2) is 18.5 Å². The first-order valence-electron chi connectivity index (χ1n) is 3.71. The smallest absolute Gasteiger partial charge is 0.493 e. The largest absolute Gasteiger partial charge is 0.507 e. The number of aromatic hydroxyl groups is 1. The molecular weight excluding hydrogens is 171 g/mol. The minimum atomic E-state index is -1.69. The van der Waals surface area contributed by atoms with E-state index in [1.54, 1.807) is 12.3 Å². The van der Waals surface area contributed by atoms with Gasteiger partial charge in [-0.2, -0.15) is 0 Å². The van der Waals surface area contributed by atoms with E-state index in [9.17, 15) is 5.11 Å². The number of hydrogen-bond acceptors (Lipinski definition) is 4. The van der Waals surface area contributed by atoms with Gasteiger partial charge in [0.25, 0.3) is 0 Å². The van der Waals surface area contributed by atoms with Gasteiger partial charge in [0.05, 0.1) is 6.20 Å². The molecule has 0 unspecified atom stereocenters. The minimum Gasteiger partial charge on any atom is -0.507 e. The maximum Gasteiger partial charge on any atom is 0.493 e. The van der Waals surface area contributed by atoms with Crippen molar-refractivity contribution in [3.63, 3.8) is 0 Å². The van der Waals surface area contributed by atoms with Crippen LogP contribution >= 0.6 is 0 Å². The van der Waals surface area contributed by atoms with E-state index in [1.807, 2.05) is 0 Å². The molecule has 0 aliphatic heterocycles. The molecule has 0 atom stereocenters. The van der Waals surface area contributed by atoms with Crippen molar-refractivity contribution < 1.29 is 15.2 Å². The fourth-order valence-corrected chi connectivity index (χ4v) is 1.29. The summed E-state index contributed by atoms with van der Waals surface area (Å²) in [6.45, 7) is 0. The Kier molecular flexibility index (Phi) is 1.71. The fourth-order valence-electron chi connectivity index (χ4n) is 1.29. The summed E-state index contributed by atoms with van der Waals surface area (Å²) in [6.07, 6.45) is 2.79. The molecular formula is C7H7BN2O3. The highest BCUT2D eigenvalue weighted by Gasteiger charge is 2.20. The molecule has 4 N–H and O–H groups in total. The highest BCUT2D eigenvalue weighted by atomic mass is 16.4. The maximum atomic E-state index is 9.30. The molecule has 0 aliphatic carbocycles. The number of rotatable bonds is 1. The molecule has 0 aromatic carbocycles. The molecule has 0 saturated heterocycles. The molecule has 6 heteroatoms. The van der Waals surface area contributed by atoms with Crippen molar-refractivity contribution in [2.75, 3.05) is 0 Å². The Bertz CT molecular complexity index is 440. The van der Waals surface area contributed by atoms with Crippen LogP contribution in [0.2, 0.25) is 0 Å². The van der Waals surface area contributed by atoms with E-state index in [-0.39, 0.29) is 11.2 Å². The second-order valence-electron chi connectivity index (χ2n) is 2.67. The van der Waals surface area contributed by atoms with Crippen LogP contribution in [0.1, 0.15) is 0 Å². The Morgan fingerprint density at radius 2 is 2.15 bits per heavy atom. The lowest BCUT2D eigenvalue weighted by Crippen LogP contribution is -2.30. The Morgan fingerprint density at radius 3 is 2.85 bits per heavy atom. The van der Waals surface area contributed by atoms with Gasteiger partial charge in [-0.3, -0.25) is 0 Å². The summed E-state index contributed by atoms with van der Waals surface area (Å²) in [5.74, 6) is -0.220. The number of nitrogens with one attached hydrogen (secondary N) is 1. The number of fused-ring (bicyclic) bond motifs is 1. The van der Waals surface area contributed by atoms with Gasteiger partial charge < -0.3 is 20.1 Å². The first-order valence-corrected chi connectivity index (χ1v) is 3.71. The van der Waals surface area contributed by atoms with Crippen molar-refractivity contribution in [1.29, 1.82) is 0 Å². The summed E-state index contributed by atoms with van der Waals surface area (Å²) in [5, 5.41) is 27.8. The van der Waals surface area contributed by atoms with Crippen LogP contribution in [0.3, 0.4) is 0 Å². The Hall–Kier alpha value is -1.53. The molecule has 5 nitrogen and oxygen atoms in total. The Balaban J connectivity index is 2.80. The topological polar surface area (TPSA) is 89.4 Å². The molecule has 0 saturated carbocycles. The van der Waals surface area contributed by atoms with Crippen LogP contribution in [0.4, 0.5) is 0 Å². The van der Waals surface area contributed by atoms with Gasteiger partial charge in [-0.15, -0.1) is 0 Å². The lowest BCUT2D eigenvalue weighted by atomic mass is 9.78. The van der Waals surface area contributed by atoms with Crippen LogP contribution in [0, 0.1) is 0 Å². The molecule has 2 heterocycles. The lowest BCUT2D eigenvalue weighted by molar-refractivity contribution is 0.420. The number of hydrogen-bond donors (Lipinski definition) is 4. The number of pyridine rings is 1. The quantitative estimate of drug-likeness (QED) is 0.419. The number of aromatic amines is 1. The predicted molar refractivity (Wildman–Crippen MR) is 47.6 cm³/mol. The summed E-state index contributed by atoms with van der Waals surface area (Å²) in [5.41, 5.74) is 0.590. The molecule has 2 aromatic rings. The van der Waals surface area contributed by atoms with Gasteiger partial charge in [-0.1, -0.05) is 0 Å². The molecule has 0 amide bonds. The first kappa shape index (κ1) is 8.09. The van der Waals surface area contributed by atoms with Gasteiger partial charge >= 0.3 is 7.12 Å². The van der Waals surface area contributed by atoms with Gasteiger partial charge in [0.2, 0.25) is 0 Å². The second-order valence-corrected chi connectivity index (χ2v) is 2.67. The first-order chi connectivity index (χ1) is 6.20. The zero-order chi connectivity index (χ0) is 9.42. The third kappa shape index (κ3) is 1.16. The summed E-state index contributed by atoms with van der Waals surface area (Å²) in [7, 11) is -1.69. The Morgan fingerprint density at radius 1 is 1.38 bits per heavy atom. The highest BCUT2D eigenvalue weighted by Crippen LogP contribution is 2.13. The fraction of sp³-hybridized carbons (Fsp3) is 0. The van der Waals surface area contributed by atoms with Gasteiger partial charge in [-0.25, -0.2) is 4.98 Å². The van der Waals surface area contributed by atoms with Crippen LogP contribution in [0.5, 0.6) is 5.75 Å². The van der Waals surface area contributed by atoms with E-state index in [1.165, 1.54) is 6.20 Å². The predicted octanol–water partition coefficient (Wildman–Crippen LogP) is -1.05. The van der Waals surface area contributed by atoms with Crippen molar-refractivity contribution in [3.8, 4) is 5.75 Å². The minimum absolute atomic E-state index is 0.0752. The molecule has 13 heavy (non-hydrogen) atoms. The normalized spacial score (nSPS) is 10.6. The Labute approximate surface area is 73.8 Å². The van der Waals surface area contributed by atoms with Crippen LogP contribution in [-0.2, 0) is 0 Å². The SMILES string of the molecule is OB(O)c1c(O)cnc2[nH]ccc12. The monoisotopic (exact) mass is 178 g/mol. The zero-order valence-corrected chi connectivity index (χ0v) is 6.60. The van der Waals surface area contributed by atoms with Gasteiger partial charge in [-0.05, 0) is 6.07 Å². The molecule has 0 spiro atoms. The van der Waals surface area contributed by atoms with E-state index in [0.717, 1.165) is 0 Å². The van der Waals surface area contributed by atoms with Crippen LogP contribution in [0.25, 0.3) is 11.0 Å². The van der Waals surface area contributed by atoms with Gasteiger partial charge in [0.15, 0.2) is 0 Å². The maximum absolute atomic E-state index is 9.30. The summed E-state index contributed by atoms with van der Waals surface area (Å²) < 4.78 is 0. The number of nitrogens with zero attached hydrogens (tertiary/aromatic N) is 1. The third-order valence-corrected chi connectivity index (χ3v) is 1.87. The third-order valence-electron chi connectivity index (χ3n) is 1.87. The van der Waals surface area contributed by atoms with Gasteiger partial charge in [0.1, 0.15) is 11.4 Å². The molecule has 0 aliphatic rings. The van der Waals surface area contributed by atoms with Crippen molar-refractivity contribution in [2.24, 2.45) is 0 Å². The van der Waals surface area contributed by atoms with Crippen LogP contribution in [-0.4, -0.2) is 32.2 Å². The summed E-state index contributed by atoms with van der Waals surface area (Å²) in [6, 6.07) is 1.62. The molecule has 0 fully saturated rings. The van der Waals surface area contributed by atoms with Crippen LogP contribution < -0.4 is 5.46 Å². The van der Waals surface area contributed by atoms with E-state index >= 15 is 0 Å². The molecule has 2 rings (SSSR count). The molecule has 66 valence electrons. The zero-order valence-electron chi connectivity index (χ0n) is 6.60. The summed E-state index contributed by atoms with van der Waals surface area (Å²) in [4.78, 5) is 6.65.